The predicted octanol–water partition coefficient (Wildman–Crippen LogP) is 1.56. The SMILES string of the molecule is C[C@H]1Cc2ccccc2N1C(=O)CN1CCO[C@H](Cn2cccn2)C1. The van der Waals surface area contributed by atoms with E-state index in [1.54, 1.807) is 6.20 Å². The van der Waals surface area contributed by atoms with Gasteiger partial charge >= 0.3 is 0 Å². The molecule has 1 aromatic heterocycles. The smallest absolute Gasteiger partial charge is 0.241 e. The molecule has 1 saturated heterocycles. The Morgan fingerprint density at radius 2 is 2.20 bits per heavy atom. The highest BCUT2D eigenvalue weighted by atomic mass is 16.5. The third-order valence-electron chi connectivity index (χ3n) is 5.01. The summed E-state index contributed by atoms with van der Waals surface area (Å²) in [7, 11) is 0. The first-order chi connectivity index (χ1) is 12.2. The van der Waals surface area contributed by atoms with Gasteiger partial charge in [-0.3, -0.25) is 14.4 Å². The molecule has 6 heteroatoms. The highest BCUT2D eigenvalue weighted by molar-refractivity contribution is 5.97. The summed E-state index contributed by atoms with van der Waals surface area (Å²) in [6, 6.07) is 10.4. The fraction of sp³-hybridized carbons (Fsp3) is 0.474. The molecule has 1 fully saturated rings. The van der Waals surface area contributed by atoms with Gasteiger partial charge < -0.3 is 9.64 Å². The largest absolute Gasteiger partial charge is 0.374 e. The standard InChI is InChI=1S/C19H24N4O2/c1-15-11-16-5-2-3-6-18(16)23(15)19(24)14-21-9-10-25-17(12-21)13-22-8-4-7-20-22/h2-8,15,17H,9-14H2,1H3/t15-,17-/m0/s1. The molecule has 4 rings (SSSR count). The van der Waals surface area contributed by atoms with Crippen LogP contribution in [0.15, 0.2) is 42.7 Å². The molecule has 0 unspecified atom stereocenters. The topological polar surface area (TPSA) is 50.6 Å². The zero-order valence-corrected chi connectivity index (χ0v) is 14.5. The zero-order valence-electron chi connectivity index (χ0n) is 14.5. The molecule has 6 nitrogen and oxygen atoms in total. The first-order valence-corrected chi connectivity index (χ1v) is 8.92. The van der Waals surface area contributed by atoms with Crippen LogP contribution < -0.4 is 4.90 Å². The number of nitrogens with zero attached hydrogens (tertiary/aromatic N) is 4. The molecule has 3 heterocycles. The third-order valence-corrected chi connectivity index (χ3v) is 5.01. The first-order valence-electron chi connectivity index (χ1n) is 8.92. The number of morpholine rings is 1. The Morgan fingerprint density at radius 3 is 3.04 bits per heavy atom. The lowest BCUT2D eigenvalue weighted by Crippen LogP contribution is -2.49. The van der Waals surface area contributed by atoms with Crippen molar-refractivity contribution in [1.29, 1.82) is 0 Å². The maximum Gasteiger partial charge on any atom is 0.241 e. The van der Waals surface area contributed by atoms with Gasteiger partial charge in [0.15, 0.2) is 0 Å². The van der Waals surface area contributed by atoms with Crippen LogP contribution in [-0.2, 0) is 22.5 Å². The van der Waals surface area contributed by atoms with Crippen LogP contribution in [0, 0.1) is 0 Å². The van der Waals surface area contributed by atoms with Crippen LogP contribution in [-0.4, -0.2) is 59.0 Å². The quantitative estimate of drug-likeness (QED) is 0.848. The van der Waals surface area contributed by atoms with Crippen LogP contribution >= 0.6 is 0 Å². The van der Waals surface area contributed by atoms with Crippen molar-refractivity contribution >= 4 is 11.6 Å². The maximum absolute atomic E-state index is 12.9. The van der Waals surface area contributed by atoms with Gasteiger partial charge in [0.05, 0.1) is 25.8 Å². The first kappa shape index (κ1) is 16.3. The average Bonchev–Trinajstić information content (AvgIpc) is 3.21. The number of carbonyl (C=O) groups excluding carboxylic acids is 1. The summed E-state index contributed by atoms with van der Waals surface area (Å²) in [5.74, 6) is 0.178. The molecule has 0 N–H and O–H groups in total. The van der Waals surface area contributed by atoms with Crippen molar-refractivity contribution in [1.82, 2.24) is 14.7 Å². The number of aromatic nitrogens is 2. The number of rotatable bonds is 4. The molecule has 2 aliphatic heterocycles. The molecule has 1 amide bonds. The molecule has 0 aliphatic carbocycles. The van der Waals surface area contributed by atoms with E-state index in [0.29, 0.717) is 13.2 Å². The molecule has 2 aliphatic rings. The number of hydrogen-bond donors (Lipinski definition) is 0. The number of anilines is 1. The minimum Gasteiger partial charge on any atom is -0.374 e. The van der Waals surface area contributed by atoms with Gasteiger partial charge in [0.1, 0.15) is 0 Å². The monoisotopic (exact) mass is 340 g/mol. The number of para-hydroxylation sites is 1. The molecule has 0 spiro atoms. The number of fused-ring (bicyclic) bond motifs is 1. The Bertz CT molecular complexity index is 731. The Morgan fingerprint density at radius 1 is 1.32 bits per heavy atom. The number of carbonyl (C=O) groups is 1. The maximum atomic E-state index is 12.9. The number of benzene rings is 1. The second-order valence-electron chi connectivity index (χ2n) is 6.90. The molecule has 0 radical (unpaired) electrons. The van der Waals surface area contributed by atoms with E-state index in [-0.39, 0.29) is 18.1 Å². The second kappa shape index (κ2) is 6.98. The lowest BCUT2D eigenvalue weighted by molar-refractivity contribution is -0.122. The van der Waals surface area contributed by atoms with Crippen LogP contribution in [0.4, 0.5) is 5.69 Å². The van der Waals surface area contributed by atoms with Crippen molar-refractivity contribution in [3.05, 3.63) is 48.3 Å². The van der Waals surface area contributed by atoms with Crippen molar-refractivity contribution in [2.24, 2.45) is 0 Å². The summed E-state index contributed by atoms with van der Waals surface area (Å²) in [6.07, 6.45) is 4.73. The van der Waals surface area contributed by atoms with Gasteiger partial charge in [-0.2, -0.15) is 5.10 Å². The Hall–Kier alpha value is -2.18. The van der Waals surface area contributed by atoms with Gasteiger partial charge in [-0.25, -0.2) is 0 Å². The lowest BCUT2D eigenvalue weighted by atomic mass is 10.1. The van der Waals surface area contributed by atoms with Crippen LogP contribution in [0.2, 0.25) is 0 Å². The molecule has 2 aromatic rings. The van der Waals surface area contributed by atoms with Crippen molar-refractivity contribution < 1.29 is 9.53 Å². The number of hydrogen-bond acceptors (Lipinski definition) is 4. The van der Waals surface area contributed by atoms with Crippen LogP contribution in [0.25, 0.3) is 0 Å². The Kier molecular flexibility index (Phi) is 4.55. The van der Waals surface area contributed by atoms with Gasteiger partial charge in [-0.05, 0) is 31.0 Å². The fourth-order valence-electron chi connectivity index (χ4n) is 3.86. The third kappa shape index (κ3) is 3.45. The minimum atomic E-state index is 0.0738. The number of amides is 1. The molecule has 1 aromatic carbocycles. The molecular weight excluding hydrogens is 316 g/mol. The van der Waals surface area contributed by atoms with E-state index in [9.17, 15) is 4.79 Å². The van der Waals surface area contributed by atoms with Gasteiger partial charge in [-0.15, -0.1) is 0 Å². The summed E-state index contributed by atoms with van der Waals surface area (Å²) in [5, 5.41) is 4.24. The molecule has 0 saturated carbocycles. The van der Waals surface area contributed by atoms with Gasteiger partial charge in [0, 0.05) is 37.2 Å². The lowest BCUT2D eigenvalue weighted by Gasteiger charge is -2.34. The van der Waals surface area contributed by atoms with Gasteiger partial charge in [0.25, 0.3) is 0 Å². The van der Waals surface area contributed by atoms with E-state index >= 15 is 0 Å². The van der Waals surface area contributed by atoms with Gasteiger partial charge in [0.2, 0.25) is 5.91 Å². The summed E-state index contributed by atoms with van der Waals surface area (Å²) in [6.45, 7) is 5.50. The van der Waals surface area contributed by atoms with Crippen molar-refractivity contribution in [3.8, 4) is 0 Å². The molecule has 2 atom stereocenters. The molecule has 0 bridgehead atoms. The van der Waals surface area contributed by atoms with E-state index in [1.807, 2.05) is 34.0 Å². The van der Waals surface area contributed by atoms with Crippen LogP contribution in [0.3, 0.4) is 0 Å². The van der Waals surface area contributed by atoms with E-state index < -0.39 is 0 Å². The van der Waals surface area contributed by atoms with Gasteiger partial charge in [-0.1, -0.05) is 18.2 Å². The van der Waals surface area contributed by atoms with Crippen LogP contribution in [0.1, 0.15) is 12.5 Å². The van der Waals surface area contributed by atoms with E-state index in [2.05, 4.69) is 29.1 Å². The fourth-order valence-corrected chi connectivity index (χ4v) is 3.86. The summed E-state index contributed by atoms with van der Waals surface area (Å²) in [4.78, 5) is 17.1. The van der Waals surface area contributed by atoms with E-state index in [1.165, 1.54) is 5.56 Å². The molecule has 132 valence electrons. The van der Waals surface area contributed by atoms with Crippen molar-refractivity contribution in [2.45, 2.75) is 32.0 Å². The van der Waals surface area contributed by atoms with Crippen LogP contribution in [0.5, 0.6) is 0 Å². The summed E-state index contributed by atoms with van der Waals surface area (Å²) in [5.41, 5.74) is 2.34. The van der Waals surface area contributed by atoms with Crippen molar-refractivity contribution in [2.75, 3.05) is 31.1 Å². The minimum absolute atomic E-state index is 0.0738. The van der Waals surface area contributed by atoms with Crippen molar-refractivity contribution in [3.63, 3.8) is 0 Å². The second-order valence-corrected chi connectivity index (χ2v) is 6.90. The summed E-state index contributed by atoms with van der Waals surface area (Å²) >= 11 is 0. The normalized spacial score (nSPS) is 23.6. The Labute approximate surface area is 148 Å². The average molecular weight is 340 g/mol. The highest BCUT2D eigenvalue weighted by Gasteiger charge is 2.32. The highest BCUT2D eigenvalue weighted by Crippen LogP contribution is 2.31. The van der Waals surface area contributed by atoms with E-state index in [0.717, 1.165) is 31.7 Å². The molecule has 25 heavy (non-hydrogen) atoms. The zero-order chi connectivity index (χ0) is 17.2. The number of ether oxygens (including phenoxy) is 1. The van der Waals surface area contributed by atoms with E-state index in [4.69, 9.17) is 4.74 Å². The predicted molar refractivity (Wildman–Crippen MR) is 95.5 cm³/mol. The summed E-state index contributed by atoms with van der Waals surface area (Å²) < 4.78 is 7.72. The Balaban J connectivity index is 1.39. The molecular formula is C19H24N4O2.